The second-order valence-corrected chi connectivity index (χ2v) is 5.23. The van der Waals surface area contributed by atoms with Crippen molar-refractivity contribution in [2.24, 2.45) is 0 Å². The third-order valence-corrected chi connectivity index (χ3v) is 3.38. The van der Waals surface area contributed by atoms with Crippen LogP contribution in [0, 0.1) is 12.7 Å². The first-order valence-electron chi connectivity index (χ1n) is 5.94. The number of hydrogen-bond donors (Lipinski definition) is 1. The van der Waals surface area contributed by atoms with Crippen molar-refractivity contribution in [2.75, 3.05) is 20.2 Å². The van der Waals surface area contributed by atoms with Crippen LogP contribution in [-0.4, -0.2) is 35.7 Å². The maximum absolute atomic E-state index is 13.1. The molecule has 0 aliphatic rings. The molecule has 0 unspecified atom stereocenters. The minimum absolute atomic E-state index is 0.131. The monoisotopic (exact) mass is 239 g/mol. The number of rotatable bonds is 5. The number of nitrogens with zero attached hydrogens (tertiary/aromatic N) is 1. The van der Waals surface area contributed by atoms with E-state index >= 15 is 0 Å². The molecule has 0 aliphatic heterocycles. The average Bonchev–Trinajstić information content (AvgIpc) is 2.30. The van der Waals surface area contributed by atoms with Gasteiger partial charge in [0.15, 0.2) is 0 Å². The highest BCUT2D eigenvalue weighted by Gasteiger charge is 2.21. The van der Waals surface area contributed by atoms with Crippen LogP contribution in [0.1, 0.15) is 25.0 Å². The number of likely N-dealkylation sites (N-methyl/N-ethyl adjacent to an activating group) is 1. The summed E-state index contributed by atoms with van der Waals surface area (Å²) in [6, 6.07) is 5.22. The standard InChI is InChI=1S/C14H22FNO/c1-11-9-12(5-6-13(11)15)7-8-16(4)14(2,3)10-17/h5-6,9,17H,7-8,10H2,1-4H3. The van der Waals surface area contributed by atoms with Crippen molar-refractivity contribution in [1.29, 1.82) is 0 Å². The number of halogens is 1. The zero-order valence-corrected chi connectivity index (χ0v) is 11.1. The van der Waals surface area contributed by atoms with Gasteiger partial charge in [0.05, 0.1) is 6.61 Å². The molecule has 0 radical (unpaired) electrons. The van der Waals surface area contributed by atoms with Crippen LogP contribution in [0.5, 0.6) is 0 Å². The van der Waals surface area contributed by atoms with Gasteiger partial charge in [-0.3, -0.25) is 4.90 Å². The van der Waals surface area contributed by atoms with Crippen LogP contribution in [0.3, 0.4) is 0 Å². The largest absolute Gasteiger partial charge is 0.394 e. The highest BCUT2D eigenvalue weighted by molar-refractivity contribution is 5.24. The lowest BCUT2D eigenvalue weighted by molar-refractivity contribution is 0.0801. The summed E-state index contributed by atoms with van der Waals surface area (Å²) in [6.45, 7) is 6.76. The molecule has 0 spiro atoms. The maximum atomic E-state index is 13.1. The minimum Gasteiger partial charge on any atom is -0.394 e. The molecule has 0 saturated carbocycles. The summed E-state index contributed by atoms with van der Waals surface area (Å²) in [4.78, 5) is 2.12. The lowest BCUT2D eigenvalue weighted by Crippen LogP contribution is -2.45. The smallest absolute Gasteiger partial charge is 0.126 e. The van der Waals surface area contributed by atoms with Gasteiger partial charge in [-0.15, -0.1) is 0 Å². The average molecular weight is 239 g/mol. The fourth-order valence-electron chi connectivity index (χ4n) is 1.58. The van der Waals surface area contributed by atoms with E-state index in [9.17, 15) is 9.50 Å². The normalized spacial score (nSPS) is 12.2. The topological polar surface area (TPSA) is 23.5 Å². The summed E-state index contributed by atoms with van der Waals surface area (Å²) in [6.07, 6.45) is 0.862. The number of aryl methyl sites for hydroxylation is 1. The van der Waals surface area contributed by atoms with Crippen molar-refractivity contribution >= 4 is 0 Å². The van der Waals surface area contributed by atoms with Crippen molar-refractivity contribution in [3.05, 3.63) is 35.1 Å². The molecular formula is C14H22FNO. The Kier molecular flexibility index (Phi) is 4.66. The summed E-state index contributed by atoms with van der Waals surface area (Å²) in [5.41, 5.74) is 1.60. The van der Waals surface area contributed by atoms with E-state index in [0.29, 0.717) is 5.56 Å². The minimum atomic E-state index is -0.213. The second kappa shape index (κ2) is 5.61. The van der Waals surface area contributed by atoms with Gasteiger partial charge in [-0.1, -0.05) is 12.1 Å². The van der Waals surface area contributed by atoms with Gasteiger partial charge < -0.3 is 5.11 Å². The van der Waals surface area contributed by atoms with Gasteiger partial charge >= 0.3 is 0 Å². The SMILES string of the molecule is Cc1cc(CCN(C)C(C)(C)CO)ccc1F. The number of aliphatic hydroxyl groups excluding tert-OH is 1. The first-order chi connectivity index (χ1) is 7.86. The zero-order valence-electron chi connectivity index (χ0n) is 11.1. The molecule has 0 bridgehead atoms. The van der Waals surface area contributed by atoms with E-state index in [4.69, 9.17) is 0 Å². The molecule has 0 saturated heterocycles. The molecule has 0 aromatic heterocycles. The molecule has 0 amide bonds. The molecule has 17 heavy (non-hydrogen) atoms. The predicted molar refractivity (Wildman–Crippen MR) is 68.6 cm³/mol. The van der Waals surface area contributed by atoms with Crippen LogP contribution in [0.2, 0.25) is 0 Å². The molecule has 0 atom stereocenters. The van der Waals surface area contributed by atoms with E-state index in [2.05, 4.69) is 4.90 Å². The third kappa shape index (κ3) is 3.79. The first kappa shape index (κ1) is 14.1. The molecule has 1 N–H and O–H groups in total. The third-order valence-electron chi connectivity index (χ3n) is 3.38. The van der Waals surface area contributed by atoms with Crippen LogP contribution >= 0.6 is 0 Å². The molecule has 3 heteroatoms. The summed E-state index contributed by atoms with van der Waals surface area (Å²) >= 11 is 0. The second-order valence-electron chi connectivity index (χ2n) is 5.23. The van der Waals surface area contributed by atoms with Crippen molar-refractivity contribution in [1.82, 2.24) is 4.90 Å². The molecular weight excluding hydrogens is 217 g/mol. The van der Waals surface area contributed by atoms with Gasteiger partial charge in [-0.05, 0) is 51.4 Å². The molecule has 0 heterocycles. The maximum Gasteiger partial charge on any atom is 0.126 e. The highest BCUT2D eigenvalue weighted by atomic mass is 19.1. The van der Waals surface area contributed by atoms with Crippen molar-refractivity contribution in [3.63, 3.8) is 0 Å². The summed E-state index contributed by atoms with van der Waals surface area (Å²) in [5.74, 6) is -0.155. The molecule has 1 aromatic rings. The Balaban J connectivity index is 2.59. The van der Waals surface area contributed by atoms with Crippen LogP contribution in [-0.2, 0) is 6.42 Å². The Labute approximate surface area is 103 Å². The van der Waals surface area contributed by atoms with Gasteiger partial charge in [-0.25, -0.2) is 4.39 Å². The number of benzene rings is 1. The Bertz CT molecular complexity index is 376. The van der Waals surface area contributed by atoms with Crippen LogP contribution in [0.4, 0.5) is 4.39 Å². The highest BCUT2D eigenvalue weighted by Crippen LogP contribution is 2.14. The van der Waals surface area contributed by atoms with Gasteiger partial charge in [0.2, 0.25) is 0 Å². The van der Waals surface area contributed by atoms with Gasteiger partial charge in [-0.2, -0.15) is 0 Å². The quantitative estimate of drug-likeness (QED) is 0.852. The van der Waals surface area contributed by atoms with E-state index in [1.54, 1.807) is 6.92 Å². The molecule has 0 aliphatic carbocycles. The van der Waals surface area contributed by atoms with E-state index in [0.717, 1.165) is 18.5 Å². The summed E-state index contributed by atoms with van der Waals surface area (Å²) < 4.78 is 13.1. The van der Waals surface area contributed by atoms with Gasteiger partial charge in [0, 0.05) is 12.1 Å². The van der Waals surface area contributed by atoms with E-state index < -0.39 is 0 Å². The van der Waals surface area contributed by atoms with Crippen LogP contribution in [0.15, 0.2) is 18.2 Å². The molecule has 96 valence electrons. The Morgan fingerprint density at radius 2 is 2.00 bits per heavy atom. The Hall–Kier alpha value is -0.930. The lowest BCUT2D eigenvalue weighted by atomic mass is 10.0. The van der Waals surface area contributed by atoms with Crippen molar-refractivity contribution in [3.8, 4) is 0 Å². The van der Waals surface area contributed by atoms with Crippen molar-refractivity contribution in [2.45, 2.75) is 32.7 Å². The fraction of sp³-hybridized carbons (Fsp3) is 0.571. The lowest BCUT2D eigenvalue weighted by Gasteiger charge is -2.33. The van der Waals surface area contributed by atoms with Gasteiger partial charge in [0.25, 0.3) is 0 Å². The summed E-state index contributed by atoms with van der Waals surface area (Å²) in [7, 11) is 1.99. The van der Waals surface area contributed by atoms with Crippen LogP contribution in [0.25, 0.3) is 0 Å². The van der Waals surface area contributed by atoms with Crippen LogP contribution < -0.4 is 0 Å². The van der Waals surface area contributed by atoms with Gasteiger partial charge in [0.1, 0.15) is 5.82 Å². The van der Waals surface area contributed by atoms with E-state index in [1.807, 2.05) is 33.0 Å². The summed E-state index contributed by atoms with van der Waals surface area (Å²) in [5, 5.41) is 9.25. The number of aliphatic hydroxyl groups is 1. The molecule has 1 rings (SSSR count). The van der Waals surface area contributed by atoms with E-state index in [-0.39, 0.29) is 18.0 Å². The Morgan fingerprint density at radius 1 is 1.35 bits per heavy atom. The number of hydrogen-bond acceptors (Lipinski definition) is 2. The molecule has 1 aromatic carbocycles. The zero-order chi connectivity index (χ0) is 13.1. The fourth-order valence-corrected chi connectivity index (χ4v) is 1.58. The van der Waals surface area contributed by atoms with Crippen molar-refractivity contribution < 1.29 is 9.50 Å². The molecule has 0 fully saturated rings. The first-order valence-corrected chi connectivity index (χ1v) is 5.94. The van der Waals surface area contributed by atoms with E-state index in [1.165, 1.54) is 6.07 Å². The predicted octanol–water partition coefficient (Wildman–Crippen LogP) is 2.38. The molecule has 2 nitrogen and oxygen atoms in total. The Morgan fingerprint density at radius 3 is 2.53 bits per heavy atom.